The van der Waals surface area contributed by atoms with Gasteiger partial charge in [0.25, 0.3) is 0 Å². The number of rotatable bonds is 4. The molecule has 2 heterocycles. The highest BCUT2D eigenvalue weighted by atomic mass is 35.5. The summed E-state index contributed by atoms with van der Waals surface area (Å²) in [5.41, 5.74) is -0.469. The third-order valence-electron chi connectivity index (χ3n) is 2.07. The zero-order valence-corrected chi connectivity index (χ0v) is 10.0. The second-order valence-electron chi connectivity index (χ2n) is 3.21. The molecular formula is C9H8ClN5O3. The topological polar surface area (TPSA) is 96.0 Å². The van der Waals surface area contributed by atoms with Crippen LogP contribution in [0.3, 0.4) is 0 Å². The molecule has 0 saturated heterocycles. The molecule has 8 nitrogen and oxygen atoms in total. The normalized spacial score (nSPS) is 10.3. The molecule has 0 atom stereocenters. The summed E-state index contributed by atoms with van der Waals surface area (Å²) in [5, 5.41) is 14.5. The van der Waals surface area contributed by atoms with Gasteiger partial charge in [-0.05, 0) is 6.92 Å². The first kappa shape index (κ1) is 12.2. The van der Waals surface area contributed by atoms with Crippen molar-refractivity contribution in [3.05, 3.63) is 34.0 Å². The number of ether oxygens (including phenoxy) is 1. The lowest BCUT2D eigenvalue weighted by molar-refractivity contribution is -0.386. The van der Waals surface area contributed by atoms with Crippen LogP contribution in [0.1, 0.15) is 6.92 Å². The first-order chi connectivity index (χ1) is 8.61. The lowest BCUT2D eigenvalue weighted by Crippen LogP contribution is -1.98. The molecule has 0 fully saturated rings. The zero-order valence-electron chi connectivity index (χ0n) is 9.28. The molecule has 18 heavy (non-hydrogen) atoms. The van der Waals surface area contributed by atoms with Gasteiger partial charge in [-0.2, -0.15) is 10.1 Å². The van der Waals surface area contributed by atoms with Crippen LogP contribution in [0.4, 0.5) is 5.69 Å². The van der Waals surface area contributed by atoms with Crippen LogP contribution in [0.2, 0.25) is 5.15 Å². The van der Waals surface area contributed by atoms with E-state index in [1.54, 1.807) is 10.9 Å². The van der Waals surface area contributed by atoms with E-state index in [9.17, 15) is 10.1 Å². The summed E-state index contributed by atoms with van der Waals surface area (Å²) >= 11 is 5.63. The molecule has 0 saturated carbocycles. The molecule has 2 rings (SSSR count). The number of aryl methyl sites for hydroxylation is 1. The maximum Gasteiger partial charge on any atom is 0.368 e. The molecule has 0 radical (unpaired) electrons. The van der Waals surface area contributed by atoms with Gasteiger partial charge in [0.2, 0.25) is 5.15 Å². The van der Waals surface area contributed by atoms with E-state index in [4.69, 9.17) is 16.3 Å². The second kappa shape index (κ2) is 4.96. The van der Waals surface area contributed by atoms with Gasteiger partial charge < -0.3 is 4.74 Å². The van der Waals surface area contributed by atoms with Crippen molar-refractivity contribution in [2.24, 2.45) is 0 Å². The SMILES string of the molecule is CCn1cc(Oc2ncnc(Cl)c2[N+](=O)[O-])cn1. The predicted octanol–water partition coefficient (Wildman–Crippen LogP) is 2.05. The predicted molar refractivity (Wildman–Crippen MR) is 61.7 cm³/mol. The van der Waals surface area contributed by atoms with Gasteiger partial charge in [0.1, 0.15) is 6.33 Å². The van der Waals surface area contributed by atoms with E-state index in [1.807, 2.05) is 6.92 Å². The van der Waals surface area contributed by atoms with E-state index in [0.29, 0.717) is 12.3 Å². The molecule has 0 N–H and O–H groups in total. The van der Waals surface area contributed by atoms with E-state index in [1.165, 1.54) is 6.20 Å². The van der Waals surface area contributed by atoms with Crippen molar-refractivity contribution in [2.45, 2.75) is 13.5 Å². The molecule has 0 aliphatic heterocycles. The Hall–Kier alpha value is -2.22. The molecular weight excluding hydrogens is 262 g/mol. The standard InChI is InChI=1S/C9H8ClN5O3/c1-2-14-4-6(3-13-14)18-9-7(15(16)17)8(10)11-5-12-9/h3-5H,2H2,1H3. The average molecular weight is 270 g/mol. The van der Waals surface area contributed by atoms with Crippen molar-refractivity contribution in [3.8, 4) is 11.6 Å². The molecule has 94 valence electrons. The van der Waals surface area contributed by atoms with Crippen molar-refractivity contribution in [1.29, 1.82) is 0 Å². The number of hydrogen-bond donors (Lipinski definition) is 0. The summed E-state index contributed by atoms with van der Waals surface area (Å²) < 4.78 is 6.89. The Morgan fingerprint density at radius 2 is 2.33 bits per heavy atom. The highest BCUT2D eigenvalue weighted by Crippen LogP contribution is 2.33. The van der Waals surface area contributed by atoms with Crippen LogP contribution in [0.15, 0.2) is 18.7 Å². The summed E-state index contributed by atoms with van der Waals surface area (Å²) in [5.74, 6) is 0.130. The molecule has 0 bridgehead atoms. The number of hydrogen-bond acceptors (Lipinski definition) is 6. The highest BCUT2D eigenvalue weighted by molar-refractivity contribution is 6.31. The number of halogens is 1. The van der Waals surface area contributed by atoms with Crippen LogP contribution in [-0.4, -0.2) is 24.7 Å². The van der Waals surface area contributed by atoms with E-state index in [2.05, 4.69) is 15.1 Å². The van der Waals surface area contributed by atoms with Crippen molar-refractivity contribution in [1.82, 2.24) is 19.7 Å². The molecule has 0 aliphatic rings. The Labute approximate surface area is 106 Å². The Kier molecular flexibility index (Phi) is 3.38. The minimum atomic E-state index is -0.693. The van der Waals surface area contributed by atoms with Crippen molar-refractivity contribution in [3.63, 3.8) is 0 Å². The second-order valence-corrected chi connectivity index (χ2v) is 3.57. The first-order valence-corrected chi connectivity index (χ1v) is 5.34. The molecule has 0 amide bonds. The van der Waals surface area contributed by atoms with Crippen LogP contribution in [0.5, 0.6) is 11.6 Å². The lowest BCUT2D eigenvalue weighted by atomic mass is 10.5. The monoisotopic (exact) mass is 269 g/mol. The maximum atomic E-state index is 10.8. The van der Waals surface area contributed by atoms with Gasteiger partial charge in [0.15, 0.2) is 5.75 Å². The minimum Gasteiger partial charge on any atom is -0.430 e. The summed E-state index contributed by atoms with van der Waals surface area (Å²) in [4.78, 5) is 17.4. The van der Waals surface area contributed by atoms with Gasteiger partial charge in [0, 0.05) is 6.54 Å². The summed E-state index contributed by atoms with van der Waals surface area (Å²) in [6, 6.07) is 0. The van der Waals surface area contributed by atoms with Crippen molar-refractivity contribution < 1.29 is 9.66 Å². The lowest BCUT2D eigenvalue weighted by Gasteiger charge is -2.02. The third-order valence-corrected chi connectivity index (χ3v) is 2.35. The molecule has 0 aliphatic carbocycles. The van der Waals surface area contributed by atoms with Crippen LogP contribution in [0, 0.1) is 10.1 Å². The van der Waals surface area contributed by atoms with Gasteiger partial charge in [0.05, 0.1) is 17.3 Å². The van der Waals surface area contributed by atoms with Crippen molar-refractivity contribution >= 4 is 17.3 Å². The Balaban J connectivity index is 2.34. The Morgan fingerprint density at radius 3 is 2.94 bits per heavy atom. The molecule has 0 spiro atoms. The largest absolute Gasteiger partial charge is 0.430 e. The van der Waals surface area contributed by atoms with Gasteiger partial charge in [-0.1, -0.05) is 11.6 Å². The molecule has 2 aromatic heterocycles. The number of aromatic nitrogens is 4. The highest BCUT2D eigenvalue weighted by Gasteiger charge is 2.23. The molecule has 9 heteroatoms. The van der Waals surface area contributed by atoms with Crippen molar-refractivity contribution in [2.75, 3.05) is 0 Å². The quantitative estimate of drug-likeness (QED) is 0.479. The van der Waals surface area contributed by atoms with E-state index >= 15 is 0 Å². The van der Waals surface area contributed by atoms with Crippen LogP contribution in [-0.2, 0) is 6.54 Å². The fourth-order valence-corrected chi connectivity index (χ4v) is 1.45. The fraction of sp³-hybridized carbons (Fsp3) is 0.222. The van der Waals surface area contributed by atoms with Gasteiger partial charge in [-0.3, -0.25) is 14.8 Å². The summed E-state index contributed by atoms with van der Waals surface area (Å²) in [6.07, 6.45) is 4.12. The Morgan fingerprint density at radius 1 is 1.56 bits per heavy atom. The zero-order chi connectivity index (χ0) is 13.1. The maximum absolute atomic E-state index is 10.8. The molecule has 0 aromatic carbocycles. The molecule has 2 aromatic rings. The summed E-state index contributed by atoms with van der Waals surface area (Å²) in [7, 11) is 0. The summed E-state index contributed by atoms with van der Waals surface area (Å²) in [6.45, 7) is 2.57. The van der Waals surface area contributed by atoms with Crippen LogP contribution < -0.4 is 4.74 Å². The third kappa shape index (κ3) is 2.38. The van der Waals surface area contributed by atoms with Crippen LogP contribution in [0.25, 0.3) is 0 Å². The van der Waals surface area contributed by atoms with E-state index < -0.39 is 10.6 Å². The van der Waals surface area contributed by atoms with Gasteiger partial charge >= 0.3 is 11.6 Å². The molecule has 0 unspecified atom stereocenters. The van der Waals surface area contributed by atoms with E-state index in [0.717, 1.165) is 6.33 Å². The fourth-order valence-electron chi connectivity index (χ4n) is 1.25. The number of nitro groups is 1. The number of nitrogens with zero attached hydrogens (tertiary/aromatic N) is 5. The van der Waals surface area contributed by atoms with Gasteiger partial charge in [-0.25, -0.2) is 4.98 Å². The van der Waals surface area contributed by atoms with Crippen LogP contribution >= 0.6 is 11.6 Å². The Bertz CT molecular complexity index is 585. The average Bonchev–Trinajstić information content (AvgIpc) is 2.76. The van der Waals surface area contributed by atoms with Gasteiger partial charge in [-0.15, -0.1) is 0 Å². The smallest absolute Gasteiger partial charge is 0.368 e. The minimum absolute atomic E-state index is 0.212. The van der Waals surface area contributed by atoms with E-state index in [-0.39, 0.29) is 11.0 Å². The first-order valence-electron chi connectivity index (χ1n) is 4.97.